The number of rotatable bonds is 10. The van der Waals surface area contributed by atoms with Crippen LogP contribution in [0.1, 0.15) is 5.56 Å². The fraction of sp³-hybridized carbons (Fsp3) is 0.500. The van der Waals surface area contributed by atoms with E-state index < -0.39 is 5.60 Å². The van der Waals surface area contributed by atoms with Crippen LogP contribution in [0.3, 0.4) is 0 Å². The van der Waals surface area contributed by atoms with Crippen molar-refractivity contribution in [3.05, 3.63) is 59.1 Å². The van der Waals surface area contributed by atoms with E-state index in [0.717, 1.165) is 31.1 Å². The third-order valence-electron chi connectivity index (χ3n) is 5.30. The summed E-state index contributed by atoms with van der Waals surface area (Å²) < 4.78 is 23.6. The van der Waals surface area contributed by atoms with E-state index in [1.54, 1.807) is 7.11 Å². The van der Waals surface area contributed by atoms with Crippen molar-refractivity contribution in [2.45, 2.75) is 12.1 Å². The average molecular weight is 449 g/mol. The highest BCUT2D eigenvalue weighted by atomic mass is 35.5. The minimum absolute atomic E-state index is 0.388. The molecule has 0 aliphatic carbocycles. The van der Waals surface area contributed by atoms with Crippen LogP contribution in [0.2, 0.25) is 5.02 Å². The monoisotopic (exact) mass is 448 g/mol. The Bertz CT molecular complexity index is 802. The zero-order chi connectivity index (χ0) is 22.1. The number of hydrogen-bond donors (Lipinski definition) is 0. The average Bonchev–Trinajstić information content (AvgIpc) is 2.96. The summed E-state index contributed by atoms with van der Waals surface area (Å²) in [5.41, 5.74) is 0.677. The number of methoxy groups -OCH3 is 1. The first kappa shape index (κ1) is 23.8. The highest BCUT2D eigenvalue weighted by Gasteiger charge is 2.36. The fourth-order valence-electron chi connectivity index (χ4n) is 3.46. The molecule has 0 aromatic heterocycles. The smallest absolute Gasteiger partial charge is 0.137 e. The van der Waals surface area contributed by atoms with E-state index in [1.165, 1.54) is 5.56 Å². The van der Waals surface area contributed by atoms with E-state index in [4.69, 9.17) is 30.5 Å². The van der Waals surface area contributed by atoms with Gasteiger partial charge < -0.3 is 23.8 Å². The molecular formula is C24H33ClN2O4. The summed E-state index contributed by atoms with van der Waals surface area (Å²) in [4.78, 5) is 4.45. The summed E-state index contributed by atoms with van der Waals surface area (Å²) in [6.07, 6.45) is 0. The zero-order valence-corrected chi connectivity index (χ0v) is 19.4. The lowest BCUT2D eigenvalue weighted by Gasteiger charge is -2.34. The SMILES string of the molecule is CO[C@]1(COc2cccc(Cl)c2)COCCN(Cc2ccc(OCCN(C)C)cc2)C1. The first-order chi connectivity index (χ1) is 15.0. The molecule has 0 unspecified atom stereocenters. The molecule has 1 fully saturated rings. The van der Waals surface area contributed by atoms with E-state index in [0.29, 0.717) is 38.0 Å². The Labute approximate surface area is 190 Å². The maximum absolute atomic E-state index is 6.07. The minimum atomic E-state index is -0.548. The van der Waals surface area contributed by atoms with Gasteiger partial charge in [-0.25, -0.2) is 0 Å². The zero-order valence-electron chi connectivity index (χ0n) is 18.7. The quantitative estimate of drug-likeness (QED) is 0.553. The van der Waals surface area contributed by atoms with Crippen LogP contribution in [0, 0.1) is 0 Å². The molecule has 2 aromatic carbocycles. The van der Waals surface area contributed by atoms with E-state index in [1.807, 2.05) is 50.5 Å². The van der Waals surface area contributed by atoms with E-state index in [2.05, 4.69) is 21.9 Å². The van der Waals surface area contributed by atoms with Crippen LogP contribution in [0.4, 0.5) is 0 Å². The molecule has 3 rings (SSSR count). The van der Waals surface area contributed by atoms with Crippen molar-refractivity contribution in [3.63, 3.8) is 0 Å². The Morgan fingerprint density at radius 3 is 2.61 bits per heavy atom. The number of halogens is 1. The molecule has 1 aliphatic heterocycles. The lowest BCUT2D eigenvalue weighted by molar-refractivity contribution is -0.0925. The van der Waals surface area contributed by atoms with E-state index in [9.17, 15) is 0 Å². The van der Waals surface area contributed by atoms with Crippen LogP contribution in [-0.2, 0) is 16.0 Å². The summed E-state index contributed by atoms with van der Waals surface area (Å²) in [5.74, 6) is 1.62. The highest BCUT2D eigenvalue weighted by Crippen LogP contribution is 2.23. The number of ether oxygens (including phenoxy) is 4. The van der Waals surface area contributed by atoms with Crippen molar-refractivity contribution in [2.24, 2.45) is 0 Å². The second-order valence-electron chi connectivity index (χ2n) is 8.19. The van der Waals surface area contributed by atoms with Gasteiger partial charge >= 0.3 is 0 Å². The normalized spacial score (nSPS) is 19.9. The van der Waals surface area contributed by atoms with Crippen molar-refractivity contribution in [3.8, 4) is 11.5 Å². The van der Waals surface area contributed by atoms with Gasteiger partial charge in [-0.05, 0) is 50.0 Å². The molecule has 0 amide bonds. The molecule has 6 nitrogen and oxygen atoms in total. The first-order valence-electron chi connectivity index (χ1n) is 10.6. The Hall–Kier alpha value is -1.83. The second-order valence-corrected chi connectivity index (χ2v) is 8.63. The van der Waals surface area contributed by atoms with Crippen molar-refractivity contribution in [1.29, 1.82) is 0 Å². The maximum atomic E-state index is 6.07. The van der Waals surface area contributed by atoms with E-state index >= 15 is 0 Å². The lowest BCUT2D eigenvalue weighted by Crippen LogP contribution is -2.50. The molecule has 1 aliphatic rings. The Morgan fingerprint density at radius 2 is 1.90 bits per heavy atom. The molecule has 0 N–H and O–H groups in total. The first-order valence-corrected chi connectivity index (χ1v) is 11.0. The van der Waals surface area contributed by atoms with Crippen LogP contribution in [0.25, 0.3) is 0 Å². The number of nitrogens with zero attached hydrogens (tertiary/aromatic N) is 2. The molecule has 31 heavy (non-hydrogen) atoms. The Morgan fingerprint density at radius 1 is 1.10 bits per heavy atom. The van der Waals surface area contributed by atoms with Gasteiger partial charge in [0.05, 0.1) is 13.2 Å². The van der Waals surface area contributed by atoms with Gasteiger partial charge in [-0.3, -0.25) is 4.90 Å². The van der Waals surface area contributed by atoms with Gasteiger partial charge in [0, 0.05) is 38.3 Å². The molecule has 0 saturated carbocycles. The van der Waals surface area contributed by atoms with Crippen molar-refractivity contribution >= 4 is 11.6 Å². The molecule has 2 aromatic rings. The van der Waals surface area contributed by atoms with Crippen LogP contribution < -0.4 is 9.47 Å². The number of hydrogen-bond acceptors (Lipinski definition) is 6. The van der Waals surface area contributed by atoms with Crippen LogP contribution >= 0.6 is 11.6 Å². The molecule has 1 atom stereocenters. The minimum Gasteiger partial charge on any atom is -0.492 e. The maximum Gasteiger partial charge on any atom is 0.137 e. The molecular weight excluding hydrogens is 416 g/mol. The fourth-order valence-corrected chi connectivity index (χ4v) is 3.64. The largest absolute Gasteiger partial charge is 0.492 e. The summed E-state index contributed by atoms with van der Waals surface area (Å²) in [6.45, 7) is 5.47. The van der Waals surface area contributed by atoms with Gasteiger partial charge in [0.2, 0.25) is 0 Å². The standard InChI is InChI=1S/C24H33ClN2O4/c1-26(2)11-14-30-22-9-7-20(8-10-22)16-27-12-13-29-18-24(17-27,28-3)19-31-23-6-4-5-21(25)15-23/h4-10,15H,11-14,16-19H2,1-3H3/t24-/m0/s1. The molecule has 0 bridgehead atoms. The van der Waals surface area contributed by atoms with Gasteiger partial charge in [-0.15, -0.1) is 0 Å². The topological polar surface area (TPSA) is 43.4 Å². The van der Waals surface area contributed by atoms with E-state index in [-0.39, 0.29) is 0 Å². The van der Waals surface area contributed by atoms with Crippen molar-refractivity contribution in [1.82, 2.24) is 9.80 Å². The molecule has 1 saturated heterocycles. The van der Waals surface area contributed by atoms with Crippen LogP contribution in [0.15, 0.2) is 48.5 Å². The number of benzene rings is 2. The molecule has 0 spiro atoms. The lowest BCUT2D eigenvalue weighted by atomic mass is 10.1. The highest BCUT2D eigenvalue weighted by molar-refractivity contribution is 6.30. The predicted molar refractivity (Wildman–Crippen MR) is 123 cm³/mol. The van der Waals surface area contributed by atoms with Gasteiger partial charge in [-0.2, -0.15) is 0 Å². The number of likely N-dealkylation sites (N-methyl/N-ethyl adjacent to an activating group) is 1. The molecule has 170 valence electrons. The summed E-state index contributed by atoms with van der Waals surface area (Å²) >= 11 is 6.07. The van der Waals surface area contributed by atoms with Crippen molar-refractivity contribution < 1.29 is 18.9 Å². The third-order valence-corrected chi connectivity index (χ3v) is 5.53. The summed E-state index contributed by atoms with van der Waals surface area (Å²) in [5, 5.41) is 0.650. The molecule has 1 heterocycles. The Balaban J connectivity index is 1.58. The summed E-state index contributed by atoms with van der Waals surface area (Å²) in [7, 11) is 5.79. The Kier molecular flexibility index (Phi) is 8.99. The van der Waals surface area contributed by atoms with Gasteiger partial charge in [0.15, 0.2) is 0 Å². The van der Waals surface area contributed by atoms with Gasteiger partial charge in [0.1, 0.15) is 30.3 Å². The second kappa shape index (κ2) is 11.7. The third kappa shape index (κ3) is 7.66. The van der Waals surface area contributed by atoms with Gasteiger partial charge in [-0.1, -0.05) is 29.8 Å². The predicted octanol–water partition coefficient (Wildman–Crippen LogP) is 3.58. The summed E-state index contributed by atoms with van der Waals surface area (Å²) in [6, 6.07) is 15.7. The molecule has 0 radical (unpaired) electrons. The van der Waals surface area contributed by atoms with Crippen LogP contribution in [-0.4, -0.2) is 82.7 Å². The van der Waals surface area contributed by atoms with Gasteiger partial charge in [0.25, 0.3) is 0 Å². The molecule has 7 heteroatoms. The van der Waals surface area contributed by atoms with Crippen molar-refractivity contribution in [2.75, 3.05) is 67.3 Å². The van der Waals surface area contributed by atoms with Crippen LogP contribution in [0.5, 0.6) is 11.5 Å².